The van der Waals surface area contributed by atoms with Gasteiger partial charge in [-0.05, 0) is 17.7 Å². The summed E-state index contributed by atoms with van der Waals surface area (Å²) in [7, 11) is 1.56. The summed E-state index contributed by atoms with van der Waals surface area (Å²) in [6, 6.07) is 7.23. The maximum absolute atomic E-state index is 11.4. The van der Waals surface area contributed by atoms with Gasteiger partial charge in [0.15, 0.2) is 0 Å². The first-order chi connectivity index (χ1) is 9.10. The molecule has 19 heavy (non-hydrogen) atoms. The van der Waals surface area contributed by atoms with Crippen molar-refractivity contribution in [3.05, 3.63) is 29.8 Å². The van der Waals surface area contributed by atoms with Crippen LogP contribution in [0.3, 0.4) is 0 Å². The van der Waals surface area contributed by atoms with Crippen molar-refractivity contribution in [3.8, 4) is 0 Å². The fraction of sp³-hybridized carbons (Fsp3) is 0.308. The molecular weight excluding hydrogens is 246 g/mol. The maximum Gasteiger partial charge on any atom is 0.264 e. The van der Waals surface area contributed by atoms with E-state index in [2.05, 4.69) is 15.8 Å². The SMILES string of the molecule is CNC(=O)C1CC(c2ccc(NC(C)=O)cc2)=NO1. The summed E-state index contributed by atoms with van der Waals surface area (Å²) < 4.78 is 0. The summed E-state index contributed by atoms with van der Waals surface area (Å²) >= 11 is 0. The van der Waals surface area contributed by atoms with E-state index in [0.717, 1.165) is 17.0 Å². The molecule has 100 valence electrons. The molecule has 0 aliphatic carbocycles. The van der Waals surface area contributed by atoms with E-state index < -0.39 is 6.10 Å². The van der Waals surface area contributed by atoms with E-state index in [4.69, 9.17) is 4.84 Å². The number of hydrogen-bond donors (Lipinski definition) is 2. The minimum Gasteiger partial charge on any atom is -0.382 e. The van der Waals surface area contributed by atoms with Gasteiger partial charge in [0.1, 0.15) is 0 Å². The average molecular weight is 261 g/mol. The summed E-state index contributed by atoms with van der Waals surface area (Å²) in [6.45, 7) is 1.46. The van der Waals surface area contributed by atoms with Gasteiger partial charge in [0.05, 0.1) is 5.71 Å². The molecule has 2 N–H and O–H groups in total. The first-order valence-electron chi connectivity index (χ1n) is 5.92. The highest BCUT2D eigenvalue weighted by Gasteiger charge is 2.27. The molecule has 0 spiro atoms. The predicted molar refractivity (Wildman–Crippen MR) is 70.8 cm³/mol. The fourth-order valence-electron chi connectivity index (χ4n) is 1.80. The lowest BCUT2D eigenvalue weighted by Gasteiger charge is -2.05. The van der Waals surface area contributed by atoms with E-state index in [9.17, 15) is 9.59 Å². The number of hydrogen-bond acceptors (Lipinski definition) is 4. The van der Waals surface area contributed by atoms with Crippen LogP contribution in [0.25, 0.3) is 0 Å². The van der Waals surface area contributed by atoms with Gasteiger partial charge >= 0.3 is 0 Å². The van der Waals surface area contributed by atoms with Crippen LogP contribution >= 0.6 is 0 Å². The van der Waals surface area contributed by atoms with E-state index in [1.807, 2.05) is 12.1 Å². The third kappa shape index (κ3) is 3.09. The number of likely N-dealkylation sites (N-methyl/N-ethyl adjacent to an activating group) is 1. The zero-order valence-corrected chi connectivity index (χ0v) is 10.8. The number of nitrogens with zero attached hydrogens (tertiary/aromatic N) is 1. The Morgan fingerprint density at radius 2 is 2.00 bits per heavy atom. The van der Waals surface area contributed by atoms with Gasteiger partial charge in [0.2, 0.25) is 12.0 Å². The van der Waals surface area contributed by atoms with Crippen LogP contribution in [-0.2, 0) is 14.4 Å². The molecule has 6 heteroatoms. The second kappa shape index (κ2) is 5.51. The van der Waals surface area contributed by atoms with Crippen molar-refractivity contribution < 1.29 is 14.4 Å². The predicted octanol–water partition coefficient (Wildman–Crippen LogP) is 0.884. The van der Waals surface area contributed by atoms with E-state index >= 15 is 0 Å². The Bertz CT molecular complexity index is 522. The maximum atomic E-state index is 11.4. The number of carbonyl (C=O) groups excluding carboxylic acids is 2. The van der Waals surface area contributed by atoms with Gasteiger partial charge in [-0.25, -0.2) is 0 Å². The number of anilines is 1. The van der Waals surface area contributed by atoms with Gasteiger partial charge in [-0.3, -0.25) is 9.59 Å². The molecule has 1 unspecified atom stereocenters. The van der Waals surface area contributed by atoms with E-state index in [1.54, 1.807) is 19.2 Å². The lowest BCUT2D eigenvalue weighted by Crippen LogP contribution is -2.31. The minimum absolute atomic E-state index is 0.117. The van der Waals surface area contributed by atoms with Crippen LogP contribution < -0.4 is 10.6 Å². The van der Waals surface area contributed by atoms with Crippen LogP contribution in [0.2, 0.25) is 0 Å². The molecule has 2 rings (SSSR count). The molecular formula is C13H15N3O3. The van der Waals surface area contributed by atoms with Gasteiger partial charge in [-0.15, -0.1) is 0 Å². The third-order valence-corrected chi connectivity index (χ3v) is 2.75. The van der Waals surface area contributed by atoms with Crippen molar-refractivity contribution in [2.24, 2.45) is 5.16 Å². The van der Waals surface area contributed by atoms with Crippen LogP contribution in [-0.4, -0.2) is 30.7 Å². The second-order valence-corrected chi connectivity index (χ2v) is 4.21. The van der Waals surface area contributed by atoms with E-state index in [1.165, 1.54) is 6.92 Å². The van der Waals surface area contributed by atoms with Crippen molar-refractivity contribution >= 4 is 23.2 Å². The van der Waals surface area contributed by atoms with Crippen molar-refractivity contribution in [2.45, 2.75) is 19.4 Å². The number of nitrogens with one attached hydrogen (secondary N) is 2. The van der Waals surface area contributed by atoms with Crippen molar-refractivity contribution in [1.82, 2.24) is 5.32 Å². The highest BCUT2D eigenvalue weighted by Crippen LogP contribution is 2.18. The summed E-state index contributed by atoms with van der Waals surface area (Å²) in [5.41, 5.74) is 2.32. The van der Waals surface area contributed by atoms with Gasteiger partial charge < -0.3 is 15.5 Å². The van der Waals surface area contributed by atoms with Gasteiger partial charge in [0, 0.05) is 26.1 Å². The first-order valence-corrected chi connectivity index (χ1v) is 5.92. The zero-order valence-electron chi connectivity index (χ0n) is 10.8. The Kier molecular flexibility index (Phi) is 3.79. The Morgan fingerprint density at radius 3 is 2.58 bits per heavy atom. The molecule has 1 aromatic rings. The Balaban J connectivity index is 2.04. The summed E-state index contributed by atoms with van der Waals surface area (Å²) in [4.78, 5) is 27.4. The standard InChI is InChI=1S/C13H15N3O3/c1-8(17)15-10-5-3-9(4-6-10)11-7-12(19-16-11)13(18)14-2/h3-6,12H,7H2,1-2H3,(H,14,18)(H,15,17). The number of carbonyl (C=O) groups is 2. The molecule has 1 aliphatic heterocycles. The molecule has 1 atom stereocenters. The molecule has 1 aliphatic rings. The van der Waals surface area contributed by atoms with E-state index in [0.29, 0.717) is 6.42 Å². The van der Waals surface area contributed by atoms with E-state index in [-0.39, 0.29) is 11.8 Å². The first kappa shape index (κ1) is 13.1. The topological polar surface area (TPSA) is 79.8 Å². The molecule has 1 heterocycles. The normalized spacial score (nSPS) is 17.4. The molecule has 1 aromatic carbocycles. The lowest BCUT2D eigenvalue weighted by atomic mass is 10.0. The number of rotatable bonds is 3. The second-order valence-electron chi connectivity index (χ2n) is 4.21. The van der Waals surface area contributed by atoms with Crippen LogP contribution in [0.1, 0.15) is 18.9 Å². The number of amides is 2. The highest BCUT2D eigenvalue weighted by molar-refractivity contribution is 6.04. The third-order valence-electron chi connectivity index (χ3n) is 2.75. The van der Waals surface area contributed by atoms with Crippen LogP contribution in [0, 0.1) is 0 Å². The average Bonchev–Trinajstić information content (AvgIpc) is 2.87. The summed E-state index contributed by atoms with van der Waals surface area (Å²) in [5, 5.41) is 9.12. The Morgan fingerprint density at radius 1 is 1.32 bits per heavy atom. The zero-order chi connectivity index (χ0) is 13.8. The molecule has 0 saturated carbocycles. The highest BCUT2D eigenvalue weighted by atomic mass is 16.6. The Hall–Kier alpha value is -2.37. The fourth-order valence-corrected chi connectivity index (χ4v) is 1.80. The minimum atomic E-state index is -0.560. The molecule has 0 aromatic heterocycles. The number of benzene rings is 1. The quantitative estimate of drug-likeness (QED) is 0.847. The van der Waals surface area contributed by atoms with Crippen molar-refractivity contribution in [3.63, 3.8) is 0 Å². The molecule has 0 radical (unpaired) electrons. The summed E-state index contributed by atoms with van der Waals surface area (Å²) in [6.07, 6.45) is -0.117. The largest absolute Gasteiger partial charge is 0.382 e. The van der Waals surface area contributed by atoms with Crippen molar-refractivity contribution in [1.29, 1.82) is 0 Å². The van der Waals surface area contributed by atoms with Gasteiger partial charge in [0.25, 0.3) is 5.91 Å². The molecule has 2 amide bonds. The van der Waals surface area contributed by atoms with Crippen LogP contribution in [0.15, 0.2) is 29.4 Å². The van der Waals surface area contributed by atoms with Gasteiger partial charge in [-0.1, -0.05) is 17.3 Å². The van der Waals surface area contributed by atoms with Crippen LogP contribution in [0.5, 0.6) is 0 Å². The smallest absolute Gasteiger partial charge is 0.264 e. The Labute approximate surface area is 110 Å². The molecule has 0 fully saturated rings. The number of oxime groups is 1. The molecule has 0 saturated heterocycles. The lowest BCUT2D eigenvalue weighted by molar-refractivity contribution is -0.130. The molecule has 6 nitrogen and oxygen atoms in total. The van der Waals surface area contributed by atoms with Crippen molar-refractivity contribution in [2.75, 3.05) is 12.4 Å². The monoisotopic (exact) mass is 261 g/mol. The summed E-state index contributed by atoms with van der Waals surface area (Å²) in [5.74, 6) is -0.303. The van der Waals surface area contributed by atoms with Crippen LogP contribution in [0.4, 0.5) is 5.69 Å². The molecule has 0 bridgehead atoms. The van der Waals surface area contributed by atoms with Gasteiger partial charge in [-0.2, -0.15) is 0 Å².